The number of carbonyl (C=O) groups is 2. The quantitative estimate of drug-likeness (QED) is 0.455. The van der Waals surface area contributed by atoms with Gasteiger partial charge in [0.15, 0.2) is 0 Å². The van der Waals surface area contributed by atoms with E-state index in [0.29, 0.717) is 12.0 Å². The predicted octanol–water partition coefficient (Wildman–Crippen LogP) is 1.86. The molecule has 0 spiro atoms. The number of rotatable bonds is 6. The van der Waals surface area contributed by atoms with E-state index in [2.05, 4.69) is 0 Å². The summed E-state index contributed by atoms with van der Waals surface area (Å²) in [5.74, 6) is 0.414. The minimum atomic E-state index is -0.409. The number of amides is 1. The Balaban J connectivity index is 2.59. The summed E-state index contributed by atoms with van der Waals surface area (Å²) in [6.45, 7) is 0. The summed E-state index contributed by atoms with van der Waals surface area (Å²) in [4.78, 5) is 22.1. The van der Waals surface area contributed by atoms with Gasteiger partial charge in [0.1, 0.15) is 6.29 Å². The molecule has 1 aromatic carbocycles. The van der Waals surface area contributed by atoms with Gasteiger partial charge in [-0.25, -0.2) is 0 Å². The third kappa shape index (κ3) is 3.75. The molecule has 1 amide bonds. The van der Waals surface area contributed by atoms with Crippen molar-refractivity contribution in [3.63, 3.8) is 0 Å². The van der Waals surface area contributed by atoms with Crippen LogP contribution < -0.4 is 5.73 Å². The number of carbonyl (C=O) groups excluding carboxylic acids is 2. The molecular weight excluding hydrogens is 210 g/mol. The highest BCUT2D eigenvalue weighted by atomic mass is 32.2. The van der Waals surface area contributed by atoms with Crippen LogP contribution in [0.1, 0.15) is 23.2 Å². The average molecular weight is 223 g/mol. The van der Waals surface area contributed by atoms with E-state index < -0.39 is 5.91 Å². The topological polar surface area (TPSA) is 60.2 Å². The summed E-state index contributed by atoms with van der Waals surface area (Å²) in [6.07, 6.45) is 2.29. The van der Waals surface area contributed by atoms with Gasteiger partial charge in [-0.05, 0) is 24.3 Å². The van der Waals surface area contributed by atoms with Gasteiger partial charge in [-0.1, -0.05) is 12.1 Å². The molecule has 0 saturated heterocycles. The van der Waals surface area contributed by atoms with Crippen LogP contribution in [0.15, 0.2) is 29.2 Å². The number of aldehydes is 1. The largest absolute Gasteiger partial charge is 0.366 e. The standard InChI is InChI=1S/C11H13NO2S/c12-11(14)9-5-1-2-6-10(9)15-8-4-3-7-13/h1-2,5-7H,3-4,8H2,(H2,12,14). The lowest BCUT2D eigenvalue weighted by Crippen LogP contribution is -2.11. The maximum atomic E-state index is 11.1. The van der Waals surface area contributed by atoms with Crippen molar-refractivity contribution >= 4 is 24.0 Å². The van der Waals surface area contributed by atoms with Gasteiger partial charge in [0, 0.05) is 11.3 Å². The van der Waals surface area contributed by atoms with Crippen molar-refractivity contribution in [3.05, 3.63) is 29.8 Å². The van der Waals surface area contributed by atoms with Gasteiger partial charge in [-0.2, -0.15) is 0 Å². The molecule has 0 aliphatic rings. The third-order valence-electron chi connectivity index (χ3n) is 1.88. The molecule has 0 saturated carbocycles. The monoisotopic (exact) mass is 223 g/mol. The van der Waals surface area contributed by atoms with E-state index in [1.165, 1.54) is 0 Å². The van der Waals surface area contributed by atoms with E-state index in [9.17, 15) is 9.59 Å². The summed E-state index contributed by atoms with van der Waals surface area (Å²) < 4.78 is 0. The first-order valence-electron chi connectivity index (χ1n) is 4.71. The lowest BCUT2D eigenvalue weighted by molar-refractivity contribution is -0.107. The smallest absolute Gasteiger partial charge is 0.249 e. The first kappa shape index (κ1) is 11.8. The van der Waals surface area contributed by atoms with Crippen LogP contribution >= 0.6 is 11.8 Å². The van der Waals surface area contributed by atoms with Crippen molar-refractivity contribution in [1.29, 1.82) is 0 Å². The molecule has 0 unspecified atom stereocenters. The van der Waals surface area contributed by atoms with E-state index >= 15 is 0 Å². The second kappa shape index (κ2) is 6.24. The van der Waals surface area contributed by atoms with Gasteiger partial charge in [-0.15, -0.1) is 11.8 Å². The Kier molecular flexibility index (Phi) is 4.90. The van der Waals surface area contributed by atoms with Crippen molar-refractivity contribution in [2.45, 2.75) is 17.7 Å². The van der Waals surface area contributed by atoms with Crippen molar-refractivity contribution < 1.29 is 9.59 Å². The fourth-order valence-corrected chi connectivity index (χ4v) is 2.17. The lowest BCUT2D eigenvalue weighted by Gasteiger charge is -2.04. The van der Waals surface area contributed by atoms with Crippen molar-refractivity contribution in [1.82, 2.24) is 0 Å². The summed E-state index contributed by atoms with van der Waals surface area (Å²) in [5.41, 5.74) is 5.79. The summed E-state index contributed by atoms with van der Waals surface area (Å²) >= 11 is 1.56. The number of nitrogens with two attached hydrogens (primary N) is 1. The molecule has 1 rings (SSSR count). The van der Waals surface area contributed by atoms with Crippen LogP contribution in [0.4, 0.5) is 0 Å². The molecule has 0 heterocycles. The number of unbranched alkanes of at least 4 members (excludes halogenated alkanes) is 1. The van der Waals surface area contributed by atoms with Gasteiger partial charge in [0.05, 0.1) is 5.56 Å². The Hall–Kier alpha value is -1.29. The predicted molar refractivity (Wildman–Crippen MR) is 61.0 cm³/mol. The molecule has 3 nitrogen and oxygen atoms in total. The molecular formula is C11H13NO2S. The molecule has 15 heavy (non-hydrogen) atoms. The molecule has 4 heteroatoms. The number of hydrogen-bond acceptors (Lipinski definition) is 3. The maximum absolute atomic E-state index is 11.1. The molecule has 0 bridgehead atoms. The fraction of sp³-hybridized carbons (Fsp3) is 0.273. The molecule has 1 aromatic rings. The van der Waals surface area contributed by atoms with Crippen LogP contribution in [-0.2, 0) is 4.79 Å². The zero-order valence-electron chi connectivity index (χ0n) is 8.31. The van der Waals surface area contributed by atoms with Crippen molar-refractivity contribution in [2.75, 3.05) is 5.75 Å². The molecule has 0 atom stereocenters. The Morgan fingerprint density at radius 1 is 1.40 bits per heavy atom. The zero-order chi connectivity index (χ0) is 11.1. The fourth-order valence-electron chi connectivity index (χ4n) is 1.14. The van der Waals surface area contributed by atoms with Crippen LogP contribution in [0.5, 0.6) is 0 Å². The highest BCUT2D eigenvalue weighted by Gasteiger charge is 2.06. The van der Waals surface area contributed by atoms with Gasteiger partial charge in [0.25, 0.3) is 0 Å². The van der Waals surface area contributed by atoms with E-state index in [1.807, 2.05) is 12.1 Å². The van der Waals surface area contributed by atoms with Gasteiger partial charge in [0.2, 0.25) is 5.91 Å². The zero-order valence-corrected chi connectivity index (χ0v) is 9.13. The normalized spacial score (nSPS) is 9.87. The Morgan fingerprint density at radius 2 is 2.13 bits per heavy atom. The van der Waals surface area contributed by atoms with Crippen LogP contribution in [0.2, 0.25) is 0 Å². The molecule has 0 aliphatic heterocycles. The summed E-state index contributed by atoms with van der Waals surface area (Å²) in [6, 6.07) is 7.24. The molecule has 2 N–H and O–H groups in total. The second-order valence-electron chi connectivity index (χ2n) is 3.02. The molecule has 0 fully saturated rings. The second-order valence-corrected chi connectivity index (χ2v) is 4.15. The Morgan fingerprint density at radius 3 is 2.80 bits per heavy atom. The van der Waals surface area contributed by atoms with Gasteiger partial charge < -0.3 is 10.5 Å². The Bertz CT molecular complexity index is 352. The number of hydrogen-bond donors (Lipinski definition) is 1. The van der Waals surface area contributed by atoms with Crippen LogP contribution in [0.25, 0.3) is 0 Å². The van der Waals surface area contributed by atoms with Crippen LogP contribution in [0, 0.1) is 0 Å². The lowest BCUT2D eigenvalue weighted by atomic mass is 10.2. The first-order valence-corrected chi connectivity index (χ1v) is 5.69. The maximum Gasteiger partial charge on any atom is 0.249 e. The molecule has 0 aliphatic carbocycles. The van der Waals surface area contributed by atoms with Crippen LogP contribution in [-0.4, -0.2) is 17.9 Å². The van der Waals surface area contributed by atoms with E-state index in [0.717, 1.165) is 23.4 Å². The van der Waals surface area contributed by atoms with Crippen molar-refractivity contribution in [2.24, 2.45) is 5.73 Å². The molecule has 0 aromatic heterocycles. The number of thioether (sulfide) groups is 1. The number of primary amides is 1. The van der Waals surface area contributed by atoms with Gasteiger partial charge >= 0.3 is 0 Å². The molecule has 80 valence electrons. The van der Waals surface area contributed by atoms with E-state index in [1.54, 1.807) is 23.9 Å². The highest BCUT2D eigenvalue weighted by Crippen LogP contribution is 2.23. The van der Waals surface area contributed by atoms with Gasteiger partial charge in [-0.3, -0.25) is 4.79 Å². The van der Waals surface area contributed by atoms with Crippen molar-refractivity contribution in [3.8, 4) is 0 Å². The average Bonchev–Trinajstić information content (AvgIpc) is 2.25. The molecule has 0 radical (unpaired) electrons. The summed E-state index contributed by atoms with van der Waals surface area (Å²) in [7, 11) is 0. The minimum absolute atomic E-state index is 0.409. The number of benzene rings is 1. The van der Waals surface area contributed by atoms with E-state index in [-0.39, 0.29) is 0 Å². The Labute approximate surface area is 93.0 Å². The van der Waals surface area contributed by atoms with E-state index in [4.69, 9.17) is 5.73 Å². The summed E-state index contributed by atoms with van der Waals surface area (Å²) in [5, 5.41) is 0. The third-order valence-corrected chi connectivity index (χ3v) is 3.04. The van der Waals surface area contributed by atoms with Crippen LogP contribution in [0.3, 0.4) is 0 Å². The highest BCUT2D eigenvalue weighted by molar-refractivity contribution is 7.99. The first-order chi connectivity index (χ1) is 7.25. The SMILES string of the molecule is NC(=O)c1ccccc1SCCCC=O. The minimum Gasteiger partial charge on any atom is -0.366 e.